The van der Waals surface area contributed by atoms with E-state index in [4.69, 9.17) is 10.8 Å². The molecule has 4 nitrogen and oxygen atoms in total. The molecule has 0 aliphatic rings. The molecule has 0 aliphatic carbocycles. The minimum absolute atomic E-state index is 0.284. The van der Waals surface area contributed by atoms with Crippen molar-refractivity contribution in [3.05, 3.63) is 0 Å². The van der Waals surface area contributed by atoms with Gasteiger partial charge in [0.05, 0.1) is 0 Å². The van der Waals surface area contributed by atoms with Crippen molar-refractivity contribution in [2.75, 3.05) is 19.7 Å². The first-order chi connectivity index (χ1) is 6.81. The largest absolute Gasteiger partial charge is 0.387 e. The van der Waals surface area contributed by atoms with Gasteiger partial charge in [0.15, 0.2) is 0 Å². The predicted octanol–water partition coefficient (Wildman–Crippen LogP) is 0.394. The number of unbranched alkanes of at least 4 members (excludes halogenated alkanes) is 5. The molecule has 0 unspecified atom stereocenters. The Morgan fingerprint density at radius 2 is 1.64 bits per heavy atom. The second-order valence-corrected chi connectivity index (χ2v) is 3.42. The van der Waals surface area contributed by atoms with Crippen LogP contribution in [0.4, 0.5) is 0 Å². The number of carbonyl (C=O) groups excluding carboxylic acids is 1. The number of rotatable bonds is 9. The number of nitrogens with one attached hydrogen (secondary N) is 1. The summed E-state index contributed by atoms with van der Waals surface area (Å²) >= 11 is 0. The lowest BCUT2D eigenvalue weighted by atomic mass is 10.1. The van der Waals surface area contributed by atoms with E-state index < -0.39 is 6.61 Å². The van der Waals surface area contributed by atoms with Gasteiger partial charge in [0.2, 0.25) is 5.91 Å². The predicted molar refractivity (Wildman–Crippen MR) is 56.9 cm³/mol. The molecule has 0 fully saturated rings. The van der Waals surface area contributed by atoms with Gasteiger partial charge in [-0.05, 0) is 19.4 Å². The highest BCUT2D eigenvalue weighted by molar-refractivity contribution is 5.76. The summed E-state index contributed by atoms with van der Waals surface area (Å²) in [5.74, 6) is -0.284. The van der Waals surface area contributed by atoms with E-state index in [0.717, 1.165) is 25.8 Å². The third kappa shape index (κ3) is 9.48. The van der Waals surface area contributed by atoms with E-state index in [1.165, 1.54) is 19.3 Å². The number of aliphatic hydroxyl groups excluding tert-OH is 1. The van der Waals surface area contributed by atoms with Crippen LogP contribution in [0.1, 0.15) is 38.5 Å². The lowest BCUT2D eigenvalue weighted by molar-refractivity contribution is -0.123. The van der Waals surface area contributed by atoms with Crippen LogP contribution < -0.4 is 11.1 Å². The first-order valence-corrected chi connectivity index (χ1v) is 5.39. The summed E-state index contributed by atoms with van der Waals surface area (Å²) in [6, 6.07) is 0. The van der Waals surface area contributed by atoms with E-state index in [1.807, 2.05) is 0 Å². The van der Waals surface area contributed by atoms with Crippen molar-refractivity contribution in [3.8, 4) is 0 Å². The summed E-state index contributed by atoms with van der Waals surface area (Å²) in [6.07, 6.45) is 6.88. The van der Waals surface area contributed by atoms with Crippen LogP contribution in [0.25, 0.3) is 0 Å². The molecule has 0 aromatic rings. The summed E-state index contributed by atoms with van der Waals surface area (Å²) in [6.45, 7) is 1.05. The van der Waals surface area contributed by atoms with Gasteiger partial charge in [-0.2, -0.15) is 0 Å². The molecule has 0 aromatic carbocycles. The third-order valence-electron chi connectivity index (χ3n) is 2.10. The average Bonchev–Trinajstić information content (AvgIpc) is 2.21. The molecule has 1 amide bonds. The molecule has 0 saturated carbocycles. The maximum absolute atomic E-state index is 10.6. The number of amides is 1. The van der Waals surface area contributed by atoms with Crippen LogP contribution in [-0.2, 0) is 4.79 Å². The van der Waals surface area contributed by atoms with Crippen molar-refractivity contribution < 1.29 is 9.90 Å². The summed E-state index contributed by atoms with van der Waals surface area (Å²) in [5, 5.41) is 11.0. The van der Waals surface area contributed by atoms with Gasteiger partial charge < -0.3 is 16.2 Å². The smallest absolute Gasteiger partial charge is 0.245 e. The van der Waals surface area contributed by atoms with E-state index in [1.54, 1.807) is 0 Å². The second-order valence-electron chi connectivity index (χ2n) is 3.42. The van der Waals surface area contributed by atoms with Crippen LogP contribution in [0.5, 0.6) is 0 Å². The Bertz CT molecular complexity index is 140. The van der Waals surface area contributed by atoms with E-state index in [9.17, 15) is 4.79 Å². The molecule has 0 rings (SSSR count). The monoisotopic (exact) mass is 202 g/mol. The molecule has 0 heterocycles. The first-order valence-electron chi connectivity index (χ1n) is 5.39. The maximum atomic E-state index is 10.6. The van der Waals surface area contributed by atoms with Crippen molar-refractivity contribution >= 4 is 5.91 Å². The molecule has 0 spiro atoms. The topological polar surface area (TPSA) is 75.3 Å². The van der Waals surface area contributed by atoms with Gasteiger partial charge in [-0.15, -0.1) is 0 Å². The fourth-order valence-electron chi connectivity index (χ4n) is 1.26. The zero-order valence-electron chi connectivity index (χ0n) is 8.80. The van der Waals surface area contributed by atoms with Crippen LogP contribution in [0.2, 0.25) is 0 Å². The van der Waals surface area contributed by atoms with Gasteiger partial charge in [0.25, 0.3) is 0 Å². The summed E-state index contributed by atoms with van der Waals surface area (Å²) in [7, 11) is 0. The molecule has 0 aliphatic heterocycles. The number of hydrogen-bond acceptors (Lipinski definition) is 3. The van der Waals surface area contributed by atoms with Gasteiger partial charge >= 0.3 is 0 Å². The Labute approximate surface area is 85.9 Å². The van der Waals surface area contributed by atoms with Crippen LogP contribution in [-0.4, -0.2) is 30.7 Å². The quantitative estimate of drug-likeness (QED) is 0.474. The van der Waals surface area contributed by atoms with Crippen molar-refractivity contribution in [2.45, 2.75) is 38.5 Å². The molecular weight excluding hydrogens is 180 g/mol. The Hall–Kier alpha value is -0.610. The van der Waals surface area contributed by atoms with E-state index >= 15 is 0 Å². The number of carbonyl (C=O) groups is 1. The second kappa shape index (κ2) is 10.5. The third-order valence-corrected chi connectivity index (χ3v) is 2.10. The SMILES string of the molecule is NCCCCCCCCNC(=O)CO. The van der Waals surface area contributed by atoms with E-state index in [0.29, 0.717) is 6.54 Å². The van der Waals surface area contributed by atoms with Crippen LogP contribution in [0.3, 0.4) is 0 Å². The number of aliphatic hydroxyl groups is 1. The Balaban J connectivity index is 2.95. The van der Waals surface area contributed by atoms with Gasteiger partial charge in [-0.1, -0.05) is 25.7 Å². The van der Waals surface area contributed by atoms with Gasteiger partial charge in [0.1, 0.15) is 6.61 Å². The Kier molecular flexibility index (Phi) is 10.0. The molecule has 4 N–H and O–H groups in total. The van der Waals surface area contributed by atoms with Crippen LogP contribution >= 0.6 is 0 Å². The number of nitrogens with two attached hydrogens (primary N) is 1. The molecule has 0 bridgehead atoms. The molecule has 0 radical (unpaired) electrons. The van der Waals surface area contributed by atoms with Crippen molar-refractivity contribution in [2.24, 2.45) is 5.73 Å². The molecule has 84 valence electrons. The lowest BCUT2D eigenvalue weighted by Gasteiger charge is -2.02. The summed E-state index contributed by atoms with van der Waals surface area (Å²) < 4.78 is 0. The summed E-state index contributed by atoms with van der Waals surface area (Å²) in [4.78, 5) is 10.6. The molecular formula is C10H22N2O2. The van der Waals surface area contributed by atoms with E-state index in [2.05, 4.69) is 5.32 Å². The Morgan fingerprint density at radius 3 is 2.21 bits per heavy atom. The van der Waals surface area contributed by atoms with Crippen molar-refractivity contribution in [1.29, 1.82) is 0 Å². The molecule has 0 aromatic heterocycles. The van der Waals surface area contributed by atoms with Gasteiger partial charge in [-0.25, -0.2) is 0 Å². The molecule has 0 saturated heterocycles. The fraction of sp³-hybridized carbons (Fsp3) is 0.900. The van der Waals surface area contributed by atoms with Crippen LogP contribution in [0.15, 0.2) is 0 Å². The van der Waals surface area contributed by atoms with Crippen molar-refractivity contribution in [1.82, 2.24) is 5.32 Å². The number of hydrogen-bond donors (Lipinski definition) is 3. The first kappa shape index (κ1) is 13.4. The minimum Gasteiger partial charge on any atom is -0.387 e. The lowest BCUT2D eigenvalue weighted by Crippen LogP contribution is -2.26. The molecule has 14 heavy (non-hydrogen) atoms. The molecule has 4 heteroatoms. The highest BCUT2D eigenvalue weighted by Gasteiger charge is 1.95. The van der Waals surface area contributed by atoms with E-state index in [-0.39, 0.29) is 5.91 Å². The Morgan fingerprint density at radius 1 is 1.07 bits per heavy atom. The van der Waals surface area contributed by atoms with Gasteiger partial charge in [-0.3, -0.25) is 4.79 Å². The average molecular weight is 202 g/mol. The summed E-state index contributed by atoms with van der Waals surface area (Å²) in [5.41, 5.74) is 5.37. The highest BCUT2D eigenvalue weighted by Crippen LogP contribution is 2.03. The minimum atomic E-state index is -0.406. The van der Waals surface area contributed by atoms with Crippen LogP contribution in [0, 0.1) is 0 Å². The zero-order chi connectivity index (χ0) is 10.6. The zero-order valence-corrected chi connectivity index (χ0v) is 8.80. The highest BCUT2D eigenvalue weighted by atomic mass is 16.3. The van der Waals surface area contributed by atoms with Crippen molar-refractivity contribution in [3.63, 3.8) is 0 Å². The van der Waals surface area contributed by atoms with Gasteiger partial charge in [0, 0.05) is 6.54 Å². The standard InChI is InChI=1S/C10H22N2O2/c11-7-5-3-1-2-4-6-8-12-10(14)9-13/h13H,1-9,11H2,(H,12,14). The fourth-order valence-corrected chi connectivity index (χ4v) is 1.26. The normalized spacial score (nSPS) is 10.1. The maximum Gasteiger partial charge on any atom is 0.245 e. The molecule has 0 atom stereocenters.